The second-order valence-electron chi connectivity index (χ2n) is 5.85. The average Bonchev–Trinajstić information content (AvgIpc) is 2.81. The largest absolute Gasteiger partial charge is 0.383 e. The Balaban J connectivity index is 1.88. The number of pyridine rings is 1. The van der Waals surface area contributed by atoms with E-state index in [0.29, 0.717) is 0 Å². The van der Waals surface area contributed by atoms with Crippen LogP contribution >= 0.6 is 0 Å². The number of aromatic nitrogens is 3. The molecule has 0 spiro atoms. The van der Waals surface area contributed by atoms with Crippen molar-refractivity contribution in [2.75, 3.05) is 18.4 Å². The zero-order chi connectivity index (χ0) is 14.6. The first kappa shape index (κ1) is 14.5. The molecular formula is C15H23N5. The summed E-state index contributed by atoms with van der Waals surface area (Å²) in [6.07, 6.45) is 5.55. The van der Waals surface area contributed by atoms with E-state index in [1.165, 1.54) is 0 Å². The minimum Gasteiger partial charge on any atom is -0.383 e. The molecule has 20 heavy (non-hydrogen) atoms. The number of hydrogen-bond donors (Lipinski definition) is 2. The summed E-state index contributed by atoms with van der Waals surface area (Å²) in [4.78, 5) is 8.65. The lowest BCUT2D eigenvalue weighted by molar-refractivity contribution is 0.435. The summed E-state index contributed by atoms with van der Waals surface area (Å²) in [6.45, 7) is 10.3. The van der Waals surface area contributed by atoms with E-state index < -0.39 is 0 Å². The van der Waals surface area contributed by atoms with Crippen LogP contribution in [0.2, 0.25) is 0 Å². The molecule has 0 bridgehead atoms. The quantitative estimate of drug-likeness (QED) is 0.821. The fourth-order valence-electron chi connectivity index (χ4n) is 1.90. The number of nitrogens with zero attached hydrogens (tertiary/aromatic N) is 3. The summed E-state index contributed by atoms with van der Waals surface area (Å²) < 4.78 is 1.96. The Morgan fingerprint density at radius 2 is 1.95 bits per heavy atom. The molecule has 5 nitrogen and oxygen atoms in total. The topological polar surface area (TPSA) is 54.8 Å². The third kappa shape index (κ3) is 4.06. The number of anilines is 1. The van der Waals surface area contributed by atoms with Crippen LogP contribution in [0.5, 0.6) is 0 Å². The monoisotopic (exact) mass is 273 g/mol. The standard InChI is InChI=1S/C15H23N5/c1-12-16-9-10-20(12)14-6-5-13(11-18-14)17-7-8-19-15(2,3)4/h5-6,9-11,17,19H,7-8H2,1-4H3. The predicted octanol–water partition coefficient (Wildman–Crippen LogP) is 2.38. The highest BCUT2D eigenvalue weighted by Gasteiger charge is 2.07. The van der Waals surface area contributed by atoms with Crippen LogP contribution in [0, 0.1) is 6.92 Å². The van der Waals surface area contributed by atoms with Gasteiger partial charge in [-0.3, -0.25) is 4.57 Å². The summed E-state index contributed by atoms with van der Waals surface area (Å²) in [5, 5.41) is 6.79. The number of nitrogens with one attached hydrogen (secondary N) is 2. The van der Waals surface area contributed by atoms with Gasteiger partial charge in [-0.2, -0.15) is 0 Å². The molecule has 0 atom stereocenters. The first-order valence-electron chi connectivity index (χ1n) is 6.91. The van der Waals surface area contributed by atoms with Gasteiger partial charge in [-0.05, 0) is 39.8 Å². The van der Waals surface area contributed by atoms with Crippen LogP contribution in [-0.2, 0) is 0 Å². The fraction of sp³-hybridized carbons (Fsp3) is 0.467. The van der Waals surface area contributed by atoms with Gasteiger partial charge in [0.05, 0.1) is 11.9 Å². The fourth-order valence-corrected chi connectivity index (χ4v) is 1.90. The van der Waals surface area contributed by atoms with Gasteiger partial charge in [0.25, 0.3) is 0 Å². The van der Waals surface area contributed by atoms with Gasteiger partial charge in [-0.25, -0.2) is 9.97 Å². The van der Waals surface area contributed by atoms with Crippen LogP contribution in [0.4, 0.5) is 5.69 Å². The molecule has 2 aromatic rings. The van der Waals surface area contributed by atoms with Crippen LogP contribution in [0.25, 0.3) is 5.82 Å². The molecule has 0 aromatic carbocycles. The Morgan fingerprint density at radius 1 is 1.15 bits per heavy atom. The van der Waals surface area contributed by atoms with E-state index in [1.54, 1.807) is 6.20 Å². The van der Waals surface area contributed by atoms with Crippen molar-refractivity contribution >= 4 is 5.69 Å². The molecule has 5 heteroatoms. The van der Waals surface area contributed by atoms with E-state index in [-0.39, 0.29) is 5.54 Å². The van der Waals surface area contributed by atoms with Gasteiger partial charge < -0.3 is 10.6 Å². The highest BCUT2D eigenvalue weighted by atomic mass is 15.1. The Labute approximate surface area is 120 Å². The summed E-state index contributed by atoms with van der Waals surface area (Å²) in [7, 11) is 0. The zero-order valence-electron chi connectivity index (χ0n) is 12.6. The second-order valence-corrected chi connectivity index (χ2v) is 5.85. The Kier molecular flexibility index (Phi) is 4.39. The highest BCUT2D eigenvalue weighted by Crippen LogP contribution is 2.11. The minimum atomic E-state index is 0.155. The number of rotatable bonds is 5. The van der Waals surface area contributed by atoms with E-state index in [4.69, 9.17) is 0 Å². The lowest BCUT2D eigenvalue weighted by Crippen LogP contribution is -2.38. The lowest BCUT2D eigenvalue weighted by Gasteiger charge is -2.20. The van der Waals surface area contributed by atoms with Crippen molar-refractivity contribution in [3.05, 3.63) is 36.5 Å². The van der Waals surface area contributed by atoms with Crippen LogP contribution in [0.1, 0.15) is 26.6 Å². The Morgan fingerprint density at radius 3 is 2.50 bits per heavy atom. The van der Waals surface area contributed by atoms with E-state index in [9.17, 15) is 0 Å². The van der Waals surface area contributed by atoms with Crippen molar-refractivity contribution in [1.29, 1.82) is 0 Å². The minimum absolute atomic E-state index is 0.155. The normalized spacial score (nSPS) is 11.6. The van der Waals surface area contributed by atoms with E-state index in [1.807, 2.05) is 36.0 Å². The molecule has 0 saturated carbocycles. The van der Waals surface area contributed by atoms with Gasteiger partial charge >= 0.3 is 0 Å². The molecule has 2 aromatic heterocycles. The molecule has 0 saturated heterocycles. The van der Waals surface area contributed by atoms with Gasteiger partial charge in [-0.15, -0.1) is 0 Å². The molecule has 108 valence electrons. The second kappa shape index (κ2) is 6.05. The van der Waals surface area contributed by atoms with Crippen molar-refractivity contribution < 1.29 is 0 Å². The molecule has 0 amide bonds. The van der Waals surface area contributed by atoms with Crippen molar-refractivity contribution in [1.82, 2.24) is 19.9 Å². The van der Waals surface area contributed by atoms with Gasteiger partial charge in [-0.1, -0.05) is 0 Å². The van der Waals surface area contributed by atoms with Crippen molar-refractivity contribution in [2.24, 2.45) is 0 Å². The van der Waals surface area contributed by atoms with Crippen LogP contribution in [0.15, 0.2) is 30.7 Å². The van der Waals surface area contributed by atoms with Crippen LogP contribution in [0.3, 0.4) is 0 Å². The summed E-state index contributed by atoms with van der Waals surface area (Å²) in [5.74, 6) is 1.82. The molecule has 2 heterocycles. The Bertz CT molecular complexity index is 536. The third-order valence-electron chi connectivity index (χ3n) is 2.93. The van der Waals surface area contributed by atoms with E-state index in [2.05, 4.69) is 41.4 Å². The Hall–Kier alpha value is -1.88. The number of hydrogen-bond acceptors (Lipinski definition) is 4. The smallest absolute Gasteiger partial charge is 0.138 e. The molecule has 0 radical (unpaired) electrons. The molecule has 0 aliphatic heterocycles. The molecular weight excluding hydrogens is 250 g/mol. The maximum atomic E-state index is 4.45. The molecule has 0 unspecified atom stereocenters. The highest BCUT2D eigenvalue weighted by molar-refractivity contribution is 5.43. The predicted molar refractivity (Wildman–Crippen MR) is 82.3 cm³/mol. The van der Waals surface area contributed by atoms with Crippen LogP contribution < -0.4 is 10.6 Å². The number of imidazole rings is 1. The first-order valence-corrected chi connectivity index (χ1v) is 6.91. The third-order valence-corrected chi connectivity index (χ3v) is 2.93. The lowest BCUT2D eigenvalue weighted by atomic mass is 10.1. The van der Waals surface area contributed by atoms with E-state index in [0.717, 1.165) is 30.4 Å². The SMILES string of the molecule is Cc1nccn1-c1ccc(NCCNC(C)(C)C)cn1. The maximum absolute atomic E-state index is 4.45. The maximum Gasteiger partial charge on any atom is 0.138 e. The van der Waals surface area contributed by atoms with Gasteiger partial charge in [0.2, 0.25) is 0 Å². The average molecular weight is 273 g/mol. The first-order chi connectivity index (χ1) is 9.46. The van der Waals surface area contributed by atoms with E-state index >= 15 is 0 Å². The number of aryl methyl sites for hydroxylation is 1. The molecule has 0 fully saturated rings. The summed E-state index contributed by atoms with van der Waals surface area (Å²) in [5.41, 5.74) is 1.19. The van der Waals surface area contributed by atoms with Gasteiger partial charge in [0, 0.05) is 31.0 Å². The molecule has 0 aliphatic rings. The van der Waals surface area contributed by atoms with Crippen molar-refractivity contribution in [3.63, 3.8) is 0 Å². The summed E-state index contributed by atoms with van der Waals surface area (Å²) >= 11 is 0. The van der Waals surface area contributed by atoms with Crippen LogP contribution in [-0.4, -0.2) is 33.2 Å². The molecule has 0 aliphatic carbocycles. The van der Waals surface area contributed by atoms with Gasteiger partial charge in [0.15, 0.2) is 0 Å². The zero-order valence-corrected chi connectivity index (χ0v) is 12.6. The van der Waals surface area contributed by atoms with Gasteiger partial charge in [0.1, 0.15) is 11.6 Å². The molecule has 2 rings (SSSR count). The summed E-state index contributed by atoms with van der Waals surface area (Å²) in [6, 6.07) is 4.03. The van der Waals surface area contributed by atoms with Crippen molar-refractivity contribution in [3.8, 4) is 5.82 Å². The van der Waals surface area contributed by atoms with Crippen molar-refractivity contribution in [2.45, 2.75) is 33.2 Å². The molecule has 2 N–H and O–H groups in total.